The van der Waals surface area contributed by atoms with E-state index in [1.54, 1.807) is 0 Å². The molecule has 0 amide bonds. The van der Waals surface area contributed by atoms with Crippen molar-refractivity contribution >= 4 is 5.97 Å². The zero-order chi connectivity index (χ0) is 11.6. The minimum atomic E-state index is -2.03. The van der Waals surface area contributed by atoms with Crippen LogP contribution in [0.3, 0.4) is 0 Å². The lowest BCUT2D eigenvalue weighted by Gasteiger charge is -2.17. The molecule has 1 atom stereocenters. The molecule has 0 aliphatic heterocycles. The van der Waals surface area contributed by atoms with E-state index >= 15 is 0 Å². The molecule has 0 bridgehead atoms. The fraction of sp³-hybridized carbons (Fsp3) is 0.300. The molecule has 82 valence electrons. The highest BCUT2D eigenvalue weighted by atomic mass is 19.1. The lowest BCUT2D eigenvalue weighted by molar-refractivity contribution is -0.156. The van der Waals surface area contributed by atoms with Crippen molar-refractivity contribution in [1.82, 2.24) is 0 Å². The van der Waals surface area contributed by atoms with Crippen molar-refractivity contribution in [3.05, 3.63) is 35.4 Å². The Morgan fingerprint density at radius 1 is 1.33 bits per heavy atom. The minimum Gasteiger partial charge on any atom is -0.479 e. The molecular formula is C10H10F2O3. The highest BCUT2D eigenvalue weighted by molar-refractivity contribution is 5.76. The van der Waals surface area contributed by atoms with E-state index in [0.717, 1.165) is 19.1 Å². The van der Waals surface area contributed by atoms with E-state index in [1.165, 1.54) is 0 Å². The Hall–Kier alpha value is -1.49. The summed E-state index contributed by atoms with van der Waals surface area (Å²) in [6.45, 7) is 1.07. The fourth-order valence-corrected chi connectivity index (χ4v) is 1.19. The third-order valence-electron chi connectivity index (χ3n) is 1.93. The number of benzene rings is 1. The predicted molar refractivity (Wildman–Crippen MR) is 48.3 cm³/mol. The monoisotopic (exact) mass is 216 g/mol. The van der Waals surface area contributed by atoms with Crippen LogP contribution in [0.25, 0.3) is 0 Å². The topological polar surface area (TPSA) is 57.5 Å². The summed E-state index contributed by atoms with van der Waals surface area (Å²) in [5.41, 5.74) is -1.93. The van der Waals surface area contributed by atoms with Gasteiger partial charge in [-0.25, -0.2) is 13.6 Å². The van der Waals surface area contributed by atoms with Crippen LogP contribution in [0.5, 0.6) is 0 Å². The molecule has 1 aromatic carbocycles. The molecule has 2 N–H and O–H groups in total. The van der Waals surface area contributed by atoms with Gasteiger partial charge in [0.15, 0.2) is 5.60 Å². The molecule has 15 heavy (non-hydrogen) atoms. The molecule has 0 saturated carbocycles. The van der Waals surface area contributed by atoms with Gasteiger partial charge < -0.3 is 10.2 Å². The first-order chi connectivity index (χ1) is 6.81. The number of rotatable bonds is 3. The predicted octanol–water partition coefficient (Wildman–Crippen LogP) is 1.34. The SMILES string of the molecule is CC(O)(Cc1cc(F)cc(F)c1)C(=O)O. The van der Waals surface area contributed by atoms with E-state index in [4.69, 9.17) is 5.11 Å². The summed E-state index contributed by atoms with van der Waals surface area (Å²) in [5.74, 6) is -3.04. The first-order valence-corrected chi connectivity index (χ1v) is 4.22. The van der Waals surface area contributed by atoms with E-state index in [1.807, 2.05) is 0 Å². The maximum Gasteiger partial charge on any atom is 0.335 e. The van der Waals surface area contributed by atoms with Crippen molar-refractivity contribution in [3.63, 3.8) is 0 Å². The van der Waals surface area contributed by atoms with E-state index in [-0.39, 0.29) is 12.0 Å². The van der Waals surface area contributed by atoms with E-state index in [9.17, 15) is 18.7 Å². The summed E-state index contributed by atoms with van der Waals surface area (Å²) >= 11 is 0. The fourth-order valence-electron chi connectivity index (χ4n) is 1.19. The smallest absolute Gasteiger partial charge is 0.335 e. The molecule has 1 rings (SSSR count). The molecule has 5 heteroatoms. The second kappa shape index (κ2) is 3.94. The Bertz CT molecular complexity index is 368. The summed E-state index contributed by atoms with van der Waals surface area (Å²) in [4.78, 5) is 10.6. The van der Waals surface area contributed by atoms with Crippen LogP contribution >= 0.6 is 0 Å². The van der Waals surface area contributed by atoms with Gasteiger partial charge in [-0.15, -0.1) is 0 Å². The van der Waals surface area contributed by atoms with Gasteiger partial charge in [0, 0.05) is 12.5 Å². The van der Waals surface area contributed by atoms with Gasteiger partial charge in [-0.2, -0.15) is 0 Å². The second-order valence-corrected chi connectivity index (χ2v) is 3.53. The van der Waals surface area contributed by atoms with Crippen molar-refractivity contribution in [2.24, 2.45) is 0 Å². The van der Waals surface area contributed by atoms with Crippen molar-refractivity contribution in [2.45, 2.75) is 18.9 Å². The summed E-state index contributed by atoms with van der Waals surface area (Å²) in [6, 6.07) is 2.65. The van der Waals surface area contributed by atoms with Crippen LogP contribution in [-0.2, 0) is 11.2 Å². The van der Waals surface area contributed by atoms with Crippen LogP contribution in [0.4, 0.5) is 8.78 Å². The zero-order valence-corrected chi connectivity index (χ0v) is 8.00. The van der Waals surface area contributed by atoms with Crippen LogP contribution in [-0.4, -0.2) is 21.8 Å². The summed E-state index contributed by atoms with van der Waals surface area (Å²) in [6.07, 6.45) is -0.350. The van der Waals surface area contributed by atoms with Crippen LogP contribution < -0.4 is 0 Å². The molecule has 1 aromatic rings. The first-order valence-electron chi connectivity index (χ1n) is 4.22. The molecule has 0 fully saturated rings. The molecule has 3 nitrogen and oxygen atoms in total. The van der Waals surface area contributed by atoms with Crippen molar-refractivity contribution in [3.8, 4) is 0 Å². The molecular weight excluding hydrogens is 206 g/mol. The lowest BCUT2D eigenvalue weighted by Crippen LogP contribution is -2.37. The van der Waals surface area contributed by atoms with Crippen LogP contribution in [0.15, 0.2) is 18.2 Å². The number of hydrogen-bond donors (Lipinski definition) is 2. The number of hydrogen-bond acceptors (Lipinski definition) is 2. The van der Waals surface area contributed by atoms with Gasteiger partial charge in [-0.05, 0) is 24.6 Å². The third kappa shape index (κ3) is 2.99. The first kappa shape index (κ1) is 11.6. The van der Waals surface area contributed by atoms with Crippen molar-refractivity contribution < 1.29 is 23.8 Å². The summed E-state index contributed by atoms with van der Waals surface area (Å²) < 4.78 is 25.5. The molecule has 0 saturated heterocycles. The molecule has 0 spiro atoms. The number of carboxylic acids is 1. The number of carboxylic acid groups (broad SMARTS) is 1. The summed E-state index contributed by atoms with van der Waals surface area (Å²) in [7, 11) is 0. The molecule has 1 unspecified atom stereocenters. The standard InChI is InChI=1S/C10H10F2O3/c1-10(15,9(13)14)5-6-2-7(11)4-8(12)3-6/h2-4,15H,5H2,1H3,(H,13,14). The van der Waals surface area contributed by atoms with Crippen molar-refractivity contribution in [1.29, 1.82) is 0 Å². The van der Waals surface area contributed by atoms with Gasteiger partial charge in [-0.1, -0.05) is 0 Å². The quantitative estimate of drug-likeness (QED) is 0.801. The Kier molecular flexibility index (Phi) is 3.04. The zero-order valence-electron chi connectivity index (χ0n) is 8.00. The van der Waals surface area contributed by atoms with E-state index < -0.39 is 23.2 Å². The highest BCUT2D eigenvalue weighted by Crippen LogP contribution is 2.16. The molecule has 0 aromatic heterocycles. The van der Waals surface area contributed by atoms with Crippen LogP contribution in [0.1, 0.15) is 12.5 Å². The Morgan fingerprint density at radius 2 is 1.80 bits per heavy atom. The molecule has 0 radical (unpaired) electrons. The number of halogens is 2. The highest BCUT2D eigenvalue weighted by Gasteiger charge is 2.30. The number of aliphatic carboxylic acids is 1. The van der Waals surface area contributed by atoms with Gasteiger partial charge in [0.05, 0.1) is 0 Å². The maximum absolute atomic E-state index is 12.7. The van der Waals surface area contributed by atoms with Gasteiger partial charge in [0.25, 0.3) is 0 Å². The second-order valence-electron chi connectivity index (χ2n) is 3.53. The third-order valence-corrected chi connectivity index (χ3v) is 1.93. The van der Waals surface area contributed by atoms with Gasteiger partial charge in [0.1, 0.15) is 11.6 Å². The Labute approximate surface area is 85.0 Å². The van der Waals surface area contributed by atoms with Crippen molar-refractivity contribution in [2.75, 3.05) is 0 Å². The largest absolute Gasteiger partial charge is 0.479 e. The van der Waals surface area contributed by atoms with Gasteiger partial charge >= 0.3 is 5.97 Å². The van der Waals surface area contributed by atoms with Gasteiger partial charge in [-0.3, -0.25) is 0 Å². The Morgan fingerprint density at radius 3 is 2.20 bits per heavy atom. The number of aliphatic hydroxyl groups is 1. The Balaban J connectivity index is 2.94. The normalized spacial score (nSPS) is 14.7. The van der Waals surface area contributed by atoms with Gasteiger partial charge in [0.2, 0.25) is 0 Å². The average Bonchev–Trinajstić information content (AvgIpc) is 1.99. The summed E-state index contributed by atoms with van der Waals surface area (Å²) in [5, 5.41) is 18.0. The minimum absolute atomic E-state index is 0.0971. The average molecular weight is 216 g/mol. The molecule has 0 aliphatic rings. The van der Waals surface area contributed by atoms with E-state index in [2.05, 4.69) is 0 Å². The lowest BCUT2D eigenvalue weighted by atomic mass is 9.97. The van der Waals surface area contributed by atoms with Crippen LogP contribution in [0.2, 0.25) is 0 Å². The molecule has 0 aliphatic carbocycles. The van der Waals surface area contributed by atoms with Crippen LogP contribution in [0, 0.1) is 11.6 Å². The molecule has 0 heterocycles. The maximum atomic E-state index is 12.7. The number of carbonyl (C=O) groups is 1. The van der Waals surface area contributed by atoms with E-state index in [0.29, 0.717) is 6.07 Å².